The van der Waals surface area contributed by atoms with Gasteiger partial charge in [-0.15, -0.1) is 0 Å². The number of aliphatic carboxylic acids is 1. The van der Waals surface area contributed by atoms with E-state index in [1.54, 1.807) is 13.8 Å². The summed E-state index contributed by atoms with van der Waals surface area (Å²) in [5, 5.41) is 8.54. The lowest BCUT2D eigenvalue weighted by Crippen LogP contribution is -2.30. The summed E-state index contributed by atoms with van der Waals surface area (Å²) in [5.74, 6) is -2.87. The molecule has 0 heterocycles. The summed E-state index contributed by atoms with van der Waals surface area (Å²) in [6.45, 7) is 7.38. The minimum Gasteiger partial charge on any atom is -0.478 e. The molecule has 2 rings (SSSR count). The van der Waals surface area contributed by atoms with E-state index >= 15 is 0 Å². The maximum Gasteiger partial charge on any atom is 0.331 e. The average molecular weight is 412 g/mol. The highest BCUT2D eigenvalue weighted by molar-refractivity contribution is 5.95. The summed E-state index contributed by atoms with van der Waals surface area (Å²) in [5.41, 5.74) is 2.11. The Hall–Kier alpha value is -3.41. The van der Waals surface area contributed by atoms with Crippen LogP contribution in [0.5, 0.6) is 0 Å². The second-order valence-corrected chi connectivity index (χ2v) is 6.32. The van der Waals surface area contributed by atoms with Crippen molar-refractivity contribution in [3.05, 3.63) is 83.9 Å². The van der Waals surface area contributed by atoms with Crippen LogP contribution in [0.2, 0.25) is 0 Å². The molecule has 0 amide bonds. The van der Waals surface area contributed by atoms with Crippen LogP contribution in [0.15, 0.2) is 72.8 Å². The fourth-order valence-corrected chi connectivity index (χ4v) is 2.52. The third kappa shape index (κ3) is 9.19. The van der Waals surface area contributed by atoms with Crippen molar-refractivity contribution in [1.29, 1.82) is 0 Å². The number of carbonyl (C=O) groups excluding carboxylic acids is 2. The molecule has 2 aromatic carbocycles. The van der Waals surface area contributed by atoms with Gasteiger partial charge < -0.3 is 14.6 Å². The summed E-state index contributed by atoms with van der Waals surface area (Å²) in [6.07, 6.45) is 0.717. The van der Waals surface area contributed by atoms with Gasteiger partial charge in [-0.1, -0.05) is 67.2 Å². The van der Waals surface area contributed by atoms with Crippen LogP contribution < -0.4 is 0 Å². The smallest absolute Gasteiger partial charge is 0.331 e. The Balaban J connectivity index is 0.000000325. The average Bonchev–Trinajstić information content (AvgIpc) is 2.74. The van der Waals surface area contributed by atoms with Crippen LogP contribution in [0, 0.1) is 5.92 Å². The number of hydrogen-bond donors (Lipinski definition) is 1. The predicted molar refractivity (Wildman–Crippen MR) is 114 cm³/mol. The summed E-state index contributed by atoms with van der Waals surface area (Å²) in [6, 6.07) is 18.8. The van der Waals surface area contributed by atoms with Crippen LogP contribution in [0.25, 0.3) is 0 Å². The third-order valence-electron chi connectivity index (χ3n) is 3.99. The van der Waals surface area contributed by atoms with Gasteiger partial charge in [0.25, 0.3) is 0 Å². The molecule has 0 spiro atoms. The van der Waals surface area contributed by atoms with Crippen molar-refractivity contribution in [1.82, 2.24) is 0 Å². The van der Waals surface area contributed by atoms with Gasteiger partial charge in [0, 0.05) is 12.0 Å². The molecule has 0 aliphatic carbocycles. The van der Waals surface area contributed by atoms with Gasteiger partial charge in [-0.25, -0.2) is 4.79 Å². The number of esters is 2. The Morgan fingerprint density at radius 2 is 1.27 bits per heavy atom. The van der Waals surface area contributed by atoms with Gasteiger partial charge in [0.15, 0.2) is 5.92 Å². The van der Waals surface area contributed by atoms with E-state index in [1.807, 2.05) is 60.7 Å². The van der Waals surface area contributed by atoms with Crippen LogP contribution in [0.1, 0.15) is 25.0 Å². The highest BCUT2D eigenvalue weighted by Gasteiger charge is 2.29. The van der Waals surface area contributed by atoms with Gasteiger partial charge in [0.1, 0.15) is 0 Å². The van der Waals surface area contributed by atoms with Gasteiger partial charge in [0.2, 0.25) is 0 Å². The van der Waals surface area contributed by atoms with Crippen LogP contribution in [-0.4, -0.2) is 36.2 Å². The Bertz CT molecular complexity index is 796. The molecule has 0 aliphatic rings. The second kappa shape index (κ2) is 13.7. The highest BCUT2D eigenvalue weighted by atomic mass is 16.6. The summed E-state index contributed by atoms with van der Waals surface area (Å²) >= 11 is 0. The molecule has 0 fully saturated rings. The summed E-state index contributed by atoms with van der Waals surface area (Å²) in [4.78, 5) is 33.9. The van der Waals surface area contributed by atoms with E-state index < -0.39 is 23.8 Å². The monoisotopic (exact) mass is 412 g/mol. The van der Waals surface area contributed by atoms with Gasteiger partial charge >= 0.3 is 17.9 Å². The van der Waals surface area contributed by atoms with Gasteiger partial charge in [-0.2, -0.15) is 0 Å². The normalized spacial score (nSPS) is 9.83. The van der Waals surface area contributed by atoms with Crippen LogP contribution in [0.4, 0.5) is 0 Å². The maximum atomic E-state index is 11.7. The fourth-order valence-electron chi connectivity index (χ4n) is 2.52. The lowest BCUT2D eigenvalue weighted by Gasteiger charge is -2.14. The van der Waals surface area contributed by atoms with Crippen LogP contribution in [-0.2, 0) is 36.7 Å². The lowest BCUT2D eigenvalue weighted by molar-refractivity contribution is -0.161. The second-order valence-electron chi connectivity index (χ2n) is 6.32. The molecule has 6 nitrogen and oxygen atoms in total. The zero-order chi connectivity index (χ0) is 22.4. The van der Waals surface area contributed by atoms with E-state index in [9.17, 15) is 14.4 Å². The van der Waals surface area contributed by atoms with Gasteiger partial charge in [0.05, 0.1) is 13.2 Å². The molecular weight excluding hydrogens is 384 g/mol. The molecule has 0 aliphatic heterocycles. The molecule has 0 radical (unpaired) electrons. The van der Waals surface area contributed by atoms with Crippen molar-refractivity contribution < 1.29 is 29.0 Å². The minimum absolute atomic E-state index is 0.223. The van der Waals surface area contributed by atoms with Crippen molar-refractivity contribution >= 4 is 17.9 Å². The van der Waals surface area contributed by atoms with Gasteiger partial charge in [-0.3, -0.25) is 9.59 Å². The predicted octanol–water partition coefficient (Wildman–Crippen LogP) is 3.84. The number of carbonyl (C=O) groups is 3. The van der Waals surface area contributed by atoms with Crippen LogP contribution >= 0.6 is 0 Å². The van der Waals surface area contributed by atoms with E-state index in [1.165, 1.54) is 0 Å². The Labute approximate surface area is 177 Å². The van der Waals surface area contributed by atoms with E-state index in [2.05, 4.69) is 6.58 Å². The van der Waals surface area contributed by atoms with Crippen molar-refractivity contribution in [3.8, 4) is 0 Å². The first-order valence-corrected chi connectivity index (χ1v) is 9.71. The SMILES string of the molecule is C=C(Cc1ccccc1)C(=O)O.CCOC(=O)C(Cc1ccccc1)C(=O)OCC. The molecule has 30 heavy (non-hydrogen) atoms. The molecule has 0 bridgehead atoms. The van der Waals surface area contributed by atoms with Crippen LogP contribution in [0.3, 0.4) is 0 Å². The first-order valence-electron chi connectivity index (χ1n) is 9.71. The number of carboxylic acids is 1. The Morgan fingerprint density at radius 3 is 1.67 bits per heavy atom. The number of rotatable bonds is 9. The molecule has 0 aromatic heterocycles. The van der Waals surface area contributed by atoms with Crippen molar-refractivity contribution in [2.24, 2.45) is 5.92 Å². The Morgan fingerprint density at radius 1 is 0.833 bits per heavy atom. The van der Waals surface area contributed by atoms with E-state index in [4.69, 9.17) is 14.6 Å². The minimum atomic E-state index is -0.932. The number of benzene rings is 2. The highest BCUT2D eigenvalue weighted by Crippen LogP contribution is 2.12. The molecule has 0 saturated heterocycles. The zero-order valence-corrected chi connectivity index (χ0v) is 17.4. The quantitative estimate of drug-likeness (QED) is 0.382. The molecule has 6 heteroatoms. The zero-order valence-electron chi connectivity index (χ0n) is 17.4. The van der Waals surface area contributed by atoms with Crippen molar-refractivity contribution in [3.63, 3.8) is 0 Å². The molecular formula is C24H28O6. The number of ether oxygens (including phenoxy) is 2. The fraction of sp³-hybridized carbons (Fsp3) is 0.292. The number of carboxylic acid groups (broad SMARTS) is 1. The molecule has 1 N–H and O–H groups in total. The van der Waals surface area contributed by atoms with Gasteiger partial charge in [-0.05, 0) is 31.4 Å². The first-order chi connectivity index (χ1) is 14.4. The standard InChI is InChI=1S/C14H18O4.C10H10O2/c1-3-17-13(15)12(14(16)18-4-2)10-11-8-6-5-7-9-11;1-8(10(11)12)7-9-5-3-2-4-6-9/h5-9,12H,3-4,10H2,1-2H3;2-6H,1,7H2,(H,11,12). The molecule has 0 unspecified atom stereocenters. The van der Waals surface area contributed by atoms with E-state index in [0.29, 0.717) is 12.8 Å². The number of hydrogen-bond acceptors (Lipinski definition) is 5. The largest absolute Gasteiger partial charge is 0.478 e. The third-order valence-corrected chi connectivity index (χ3v) is 3.99. The maximum absolute atomic E-state index is 11.7. The van der Waals surface area contributed by atoms with E-state index in [-0.39, 0.29) is 18.8 Å². The molecule has 2 aromatic rings. The molecule has 0 saturated carbocycles. The lowest BCUT2D eigenvalue weighted by atomic mass is 9.99. The molecule has 160 valence electrons. The topological polar surface area (TPSA) is 89.9 Å². The Kier molecular flexibility index (Phi) is 11.3. The first kappa shape index (κ1) is 24.6. The van der Waals surface area contributed by atoms with E-state index in [0.717, 1.165) is 11.1 Å². The van der Waals surface area contributed by atoms with Crippen molar-refractivity contribution in [2.75, 3.05) is 13.2 Å². The molecule has 0 atom stereocenters. The summed E-state index contributed by atoms with van der Waals surface area (Å²) in [7, 11) is 0. The summed E-state index contributed by atoms with van der Waals surface area (Å²) < 4.78 is 9.81. The van der Waals surface area contributed by atoms with Crippen molar-refractivity contribution in [2.45, 2.75) is 26.7 Å².